The number of piperazine rings is 1. The highest BCUT2D eigenvalue weighted by molar-refractivity contribution is 5.91. The molecule has 1 heterocycles. The van der Waals surface area contributed by atoms with E-state index in [1.54, 1.807) is 27.4 Å². The summed E-state index contributed by atoms with van der Waals surface area (Å²) >= 11 is 0. The van der Waals surface area contributed by atoms with Gasteiger partial charge in [0.15, 0.2) is 0 Å². The molecule has 2 aromatic rings. The smallest absolute Gasteiger partial charge is 0.246 e. The van der Waals surface area contributed by atoms with Crippen LogP contribution in [0.1, 0.15) is 11.1 Å². The molecule has 154 valence electrons. The number of benzene rings is 2. The average Bonchev–Trinajstić information content (AvgIpc) is 2.78. The van der Waals surface area contributed by atoms with Crippen molar-refractivity contribution in [3.05, 3.63) is 59.7 Å². The van der Waals surface area contributed by atoms with Crippen molar-refractivity contribution >= 4 is 12.0 Å². The minimum Gasteiger partial charge on any atom is -0.497 e. The first-order chi connectivity index (χ1) is 14.1. The van der Waals surface area contributed by atoms with E-state index in [0.29, 0.717) is 13.1 Å². The Bertz CT molecular complexity index is 858. The van der Waals surface area contributed by atoms with Crippen LogP contribution >= 0.6 is 0 Å². The van der Waals surface area contributed by atoms with Crippen LogP contribution in [0.25, 0.3) is 6.08 Å². The molecule has 0 bridgehead atoms. The number of carbonyl (C=O) groups is 1. The third-order valence-electron chi connectivity index (χ3n) is 5.08. The second kappa shape index (κ2) is 9.98. The zero-order valence-corrected chi connectivity index (χ0v) is 17.3. The molecule has 29 heavy (non-hydrogen) atoms. The van der Waals surface area contributed by atoms with Gasteiger partial charge in [0.1, 0.15) is 17.2 Å². The lowest BCUT2D eigenvalue weighted by atomic mass is 10.1. The molecule has 1 fully saturated rings. The predicted molar refractivity (Wildman–Crippen MR) is 113 cm³/mol. The number of amides is 1. The Morgan fingerprint density at radius 3 is 2.34 bits per heavy atom. The van der Waals surface area contributed by atoms with Gasteiger partial charge in [-0.1, -0.05) is 12.1 Å². The van der Waals surface area contributed by atoms with Crippen molar-refractivity contribution in [1.29, 1.82) is 0 Å². The Morgan fingerprint density at radius 1 is 0.931 bits per heavy atom. The molecule has 3 rings (SSSR count). The van der Waals surface area contributed by atoms with Crippen LogP contribution in [0.4, 0.5) is 0 Å². The van der Waals surface area contributed by atoms with Gasteiger partial charge >= 0.3 is 0 Å². The van der Waals surface area contributed by atoms with Crippen LogP contribution in [0.5, 0.6) is 17.2 Å². The molecule has 0 radical (unpaired) electrons. The van der Waals surface area contributed by atoms with E-state index in [1.165, 1.54) is 0 Å². The SMILES string of the molecule is COc1cccc(/C=C/C(=O)N2CCN(Cc3cc(OC)ccc3OC)CC2)c1. The summed E-state index contributed by atoms with van der Waals surface area (Å²) in [6.07, 6.45) is 3.47. The van der Waals surface area contributed by atoms with Gasteiger partial charge in [0.2, 0.25) is 5.91 Å². The maximum atomic E-state index is 12.5. The number of ether oxygens (including phenoxy) is 3. The monoisotopic (exact) mass is 396 g/mol. The van der Waals surface area contributed by atoms with Gasteiger partial charge in [0.05, 0.1) is 21.3 Å². The molecular weight excluding hydrogens is 368 g/mol. The molecule has 6 nitrogen and oxygen atoms in total. The van der Waals surface area contributed by atoms with Gasteiger partial charge in [-0.3, -0.25) is 9.69 Å². The second-order valence-corrected chi connectivity index (χ2v) is 6.89. The van der Waals surface area contributed by atoms with Gasteiger partial charge < -0.3 is 19.1 Å². The van der Waals surface area contributed by atoms with Crippen molar-refractivity contribution in [2.75, 3.05) is 47.5 Å². The lowest BCUT2D eigenvalue weighted by molar-refractivity contribution is -0.127. The van der Waals surface area contributed by atoms with Crippen LogP contribution in [0.2, 0.25) is 0 Å². The number of methoxy groups -OCH3 is 3. The van der Waals surface area contributed by atoms with Gasteiger partial charge in [0.25, 0.3) is 0 Å². The summed E-state index contributed by atoms with van der Waals surface area (Å²) in [4.78, 5) is 16.7. The van der Waals surface area contributed by atoms with Crippen LogP contribution in [0, 0.1) is 0 Å². The third kappa shape index (κ3) is 5.51. The van der Waals surface area contributed by atoms with E-state index in [2.05, 4.69) is 4.90 Å². The molecule has 0 unspecified atom stereocenters. The number of rotatable bonds is 7. The summed E-state index contributed by atoms with van der Waals surface area (Å²) in [5.41, 5.74) is 2.03. The lowest BCUT2D eigenvalue weighted by Gasteiger charge is -2.34. The van der Waals surface area contributed by atoms with Gasteiger partial charge in [0, 0.05) is 44.4 Å². The zero-order valence-electron chi connectivity index (χ0n) is 17.3. The summed E-state index contributed by atoms with van der Waals surface area (Å²) in [5.74, 6) is 2.48. The van der Waals surface area contributed by atoms with Crippen molar-refractivity contribution < 1.29 is 19.0 Å². The van der Waals surface area contributed by atoms with E-state index in [9.17, 15) is 4.79 Å². The number of hydrogen-bond acceptors (Lipinski definition) is 5. The Labute approximate surface area is 172 Å². The van der Waals surface area contributed by atoms with Crippen molar-refractivity contribution in [1.82, 2.24) is 9.80 Å². The maximum Gasteiger partial charge on any atom is 0.246 e. The van der Waals surface area contributed by atoms with E-state index in [-0.39, 0.29) is 5.91 Å². The highest BCUT2D eigenvalue weighted by Crippen LogP contribution is 2.25. The second-order valence-electron chi connectivity index (χ2n) is 6.89. The Morgan fingerprint density at radius 2 is 1.66 bits per heavy atom. The molecule has 0 saturated carbocycles. The number of hydrogen-bond donors (Lipinski definition) is 0. The van der Waals surface area contributed by atoms with Gasteiger partial charge in [-0.25, -0.2) is 0 Å². The topological polar surface area (TPSA) is 51.2 Å². The van der Waals surface area contributed by atoms with Gasteiger partial charge in [-0.05, 0) is 42.0 Å². The van der Waals surface area contributed by atoms with Crippen molar-refractivity contribution in [3.8, 4) is 17.2 Å². The molecule has 1 amide bonds. The van der Waals surface area contributed by atoms with E-state index in [1.807, 2.05) is 53.4 Å². The molecule has 0 aromatic heterocycles. The summed E-state index contributed by atoms with van der Waals surface area (Å²) in [6.45, 7) is 3.81. The largest absolute Gasteiger partial charge is 0.497 e. The fraction of sp³-hybridized carbons (Fsp3) is 0.348. The Hall–Kier alpha value is -2.99. The zero-order chi connectivity index (χ0) is 20.6. The lowest BCUT2D eigenvalue weighted by Crippen LogP contribution is -2.47. The fourth-order valence-electron chi connectivity index (χ4n) is 3.39. The van der Waals surface area contributed by atoms with E-state index < -0.39 is 0 Å². The van der Waals surface area contributed by atoms with Crippen molar-refractivity contribution in [2.24, 2.45) is 0 Å². The summed E-state index contributed by atoms with van der Waals surface area (Å²) < 4.78 is 16.0. The van der Waals surface area contributed by atoms with Gasteiger partial charge in [-0.2, -0.15) is 0 Å². The first-order valence-electron chi connectivity index (χ1n) is 9.67. The van der Waals surface area contributed by atoms with Crippen LogP contribution < -0.4 is 14.2 Å². The molecule has 2 aromatic carbocycles. The molecule has 0 spiro atoms. The summed E-state index contributed by atoms with van der Waals surface area (Å²) in [5, 5.41) is 0. The molecule has 1 aliphatic heterocycles. The van der Waals surface area contributed by atoms with Gasteiger partial charge in [-0.15, -0.1) is 0 Å². The minimum atomic E-state index is 0.0337. The quantitative estimate of drug-likeness (QED) is 0.674. The molecule has 0 atom stereocenters. The van der Waals surface area contributed by atoms with E-state index in [0.717, 1.165) is 48.0 Å². The Kier molecular flexibility index (Phi) is 7.14. The standard InChI is InChI=1S/C23H28N2O4/c1-27-20-6-4-5-18(15-20)7-10-23(26)25-13-11-24(12-14-25)17-19-16-21(28-2)8-9-22(19)29-3/h4-10,15-16H,11-14,17H2,1-3H3/b10-7+. The maximum absolute atomic E-state index is 12.5. The minimum absolute atomic E-state index is 0.0337. The summed E-state index contributed by atoms with van der Waals surface area (Å²) in [6, 6.07) is 13.5. The van der Waals surface area contributed by atoms with Crippen LogP contribution in [-0.2, 0) is 11.3 Å². The third-order valence-corrected chi connectivity index (χ3v) is 5.08. The number of carbonyl (C=O) groups excluding carboxylic acids is 1. The normalized spacial score (nSPS) is 14.8. The molecule has 6 heteroatoms. The van der Waals surface area contributed by atoms with E-state index in [4.69, 9.17) is 14.2 Å². The van der Waals surface area contributed by atoms with E-state index >= 15 is 0 Å². The molecule has 1 aliphatic rings. The molecule has 0 N–H and O–H groups in total. The first-order valence-corrected chi connectivity index (χ1v) is 9.67. The van der Waals surface area contributed by atoms with Crippen LogP contribution in [0.15, 0.2) is 48.5 Å². The number of nitrogens with zero attached hydrogens (tertiary/aromatic N) is 2. The highest BCUT2D eigenvalue weighted by atomic mass is 16.5. The van der Waals surface area contributed by atoms with Crippen molar-refractivity contribution in [2.45, 2.75) is 6.54 Å². The fourth-order valence-corrected chi connectivity index (χ4v) is 3.39. The molecule has 1 saturated heterocycles. The molecular formula is C23H28N2O4. The first kappa shape index (κ1) is 20.7. The van der Waals surface area contributed by atoms with Crippen LogP contribution in [-0.4, -0.2) is 63.2 Å². The Balaban J connectivity index is 1.55. The highest BCUT2D eigenvalue weighted by Gasteiger charge is 2.20. The van der Waals surface area contributed by atoms with Crippen LogP contribution in [0.3, 0.4) is 0 Å². The average molecular weight is 396 g/mol. The predicted octanol–water partition coefficient (Wildman–Crippen LogP) is 3.07. The molecule has 0 aliphatic carbocycles. The summed E-state index contributed by atoms with van der Waals surface area (Å²) in [7, 11) is 4.97. The van der Waals surface area contributed by atoms with Crippen molar-refractivity contribution in [3.63, 3.8) is 0 Å².